The van der Waals surface area contributed by atoms with Gasteiger partial charge in [-0.1, -0.05) is 37.8 Å². The van der Waals surface area contributed by atoms with Gasteiger partial charge in [-0.2, -0.15) is 0 Å². The van der Waals surface area contributed by atoms with E-state index in [-0.39, 0.29) is 23.0 Å². The summed E-state index contributed by atoms with van der Waals surface area (Å²) >= 11 is 1.43. The van der Waals surface area contributed by atoms with E-state index in [1.165, 1.54) is 43.0 Å². The molecule has 2 fully saturated rings. The maximum absolute atomic E-state index is 12.1. The molecule has 1 unspecified atom stereocenters. The van der Waals surface area contributed by atoms with E-state index in [2.05, 4.69) is 9.88 Å². The molecule has 2 N–H and O–H groups in total. The minimum atomic E-state index is -0.360. The number of carbonyl (C=O) groups excluding carboxylic acids is 2. The number of amides is 1. The van der Waals surface area contributed by atoms with Gasteiger partial charge in [0.2, 0.25) is 11.8 Å². The molecule has 8 heteroatoms. The number of aromatic nitrogens is 1. The van der Waals surface area contributed by atoms with Crippen molar-refractivity contribution in [3.63, 3.8) is 0 Å². The number of nitrogens with zero attached hydrogens (tertiary/aromatic N) is 2. The van der Waals surface area contributed by atoms with E-state index in [1.807, 2.05) is 24.3 Å². The summed E-state index contributed by atoms with van der Waals surface area (Å²) in [4.78, 5) is 30.6. The average molecular weight is 490 g/mol. The van der Waals surface area contributed by atoms with Crippen LogP contribution in [0.15, 0.2) is 30.5 Å². The zero-order chi connectivity index (χ0) is 24.0. The van der Waals surface area contributed by atoms with Gasteiger partial charge < -0.3 is 15.2 Å². The first-order chi connectivity index (χ1) is 16.6. The summed E-state index contributed by atoms with van der Waals surface area (Å²) in [7, 11) is 0. The lowest BCUT2D eigenvalue weighted by Crippen LogP contribution is -2.29. The van der Waals surface area contributed by atoms with Crippen molar-refractivity contribution in [3.05, 3.63) is 36.0 Å². The Kier molecular flexibility index (Phi) is 11.7. The average Bonchev–Trinajstić information content (AvgIpc) is 2.86. The number of esters is 1. The van der Waals surface area contributed by atoms with E-state index >= 15 is 0 Å². The second-order valence-electron chi connectivity index (χ2n) is 9.12. The zero-order valence-corrected chi connectivity index (χ0v) is 21.0. The second-order valence-corrected chi connectivity index (χ2v) is 10.4. The number of primary amides is 1. The number of likely N-dealkylation sites (tertiary alicyclic amines) is 1. The van der Waals surface area contributed by atoms with Crippen LogP contribution in [0.3, 0.4) is 0 Å². The Hall–Kier alpha value is -2.06. The van der Waals surface area contributed by atoms with Gasteiger partial charge in [-0.3, -0.25) is 14.5 Å². The third-order valence-electron chi connectivity index (χ3n) is 6.40. The number of nitrogens with two attached hydrogens (primary N) is 1. The van der Waals surface area contributed by atoms with Crippen molar-refractivity contribution >= 4 is 23.6 Å². The minimum absolute atomic E-state index is 0.0496. The van der Waals surface area contributed by atoms with Crippen LogP contribution in [-0.4, -0.2) is 59.1 Å². The van der Waals surface area contributed by atoms with Gasteiger partial charge in [0, 0.05) is 24.6 Å². The van der Waals surface area contributed by atoms with Crippen LogP contribution in [0, 0.1) is 5.92 Å². The Bertz CT molecular complexity index is 792. The van der Waals surface area contributed by atoms with E-state index in [1.54, 1.807) is 6.20 Å². The molecule has 7 nitrogen and oxygen atoms in total. The van der Waals surface area contributed by atoms with Crippen LogP contribution in [0.2, 0.25) is 0 Å². The second kappa shape index (κ2) is 15.0. The monoisotopic (exact) mass is 489 g/mol. The molecule has 0 spiro atoms. The predicted molar refractivity (Wildman–Crippen MR) is 136 cm³/mol. The van der Waals surface area contributed by atoms with Gasteiger partial charge in [0.1, 0.15) is 13.2 Å². The van der Waals surface area contributed by atoms with Crippen molar-refractivity contribution in [2.75, 3.05) is 32.1 Å². The molecular weight excluding hydrogens is 450 g/mol. The van der Waals surface area contributed by atoms with Gasteiger partial charge >= 0.3 is 5.97 Å². The third-order valence-corrected chi connectivity index (χ3v) is 7.63. The molecule has 1 aliphatic carbocycles. The number of ether oxygens (including phenoxy) is 2. The van der Waals surface area contributed by atoms with Crippen molar-refractivity contribution in [1.82, 2.24) is 9.88 Å². The van der Waals surface area contributed by atoms with Crippen LogP contribution in [-0.2, 0) is 20.9 Å². The zero-order valence-electron chi connectivity index (χ0n) is 20.2. The van der Waals surface area contributed by atoms with Gasteiger partial charge in [0.05, 0.1) is 11.2 Å². The number of piperidine rings is 1. The topological polar surface area (TPSA) is 94.8 Å². The van der Waals surface area contributed by atoms with E-state index in [9.17, 15) is 9.59 Å². The first-order valence-electron chi connectivity index (χ1n) is 12.6. The largest absolute Gasteiger partial charge is 0.473 e. The molecule has 2 aliphatic rings. The van der Waals surface area contributed by atoms with Gasteiger partial charge in [-0.15, -0.1) is 11.8 Å². The molecule has 1 aromatic rings. The van der Waals surface area contributed by atoms with Crippen LogP contribution in [0.25, 0.3) is 0 Å². The number of carbonyl (C=O) groups is 2. The number of allylic oxidation sites excluding steroid dienone is 1. The van der Waals surface area contributed by atoms with Crippen LogP contribution in [0.1, 0.15) is 63.4 Å². The van der Waals surface area contributed by atoms with Crippen molar-refractivity contribution in [3.8, 4) is 5.88 Å². The van der Waals surface area contributed by atoms with E-state index in [4.69, 9.17) is 15.2 Å². The summed E-state index contributed by atoms with van der Waals surface area (Å²) < 4.78 is 11.2. The van der Waals surface area contributed by atoms with Gasteiger partial charge in [-0.25, -0.2) is 4.98 Å². The molecule has 1 saturated carbocycles. The normalized spacial score (nSPS) is 18.6. The molecule has 1 atom stereocenters. The summed E-state index contributed by atoms with van der Waals surface area (Å²) in [6, 6.07) is 4.04. The van der Waals surface area contributed by atoms with Crippen LogP contribution < -0.4 is 10.5 Å². The maximum Gasteiger partial charge on any atom is 0.308 e. The van der Waals surface area contributed by atoms with Gasteiger partial charge in [-0.05, 0) is 56.8 Å². The number of rotatable bonds is 13. The third kappa shape index (κ3) is 9.66. The Labute approximate surface area is 207 Å². The van der Waals surface area contributed by atoms with Crippen LogP contribution in [0.5, 0.6) is 5.88 Å². The minimum Gasteiger partial charge on any atom is -0.473 e. The lowest BCUT2D eigenvalue weighted by molar-refractivity contribution is -0.148. The highest BCUT2D eigenvalue weighted by Gasteiger charge is 2.22. The molecule has 188 valence electrons. The fourth-order valence-electron chi connectivity index (χ4n) is 4.48. The molecule has 0 radical (unpaired) electrons. The van der Waals surface area contributed by atoms with Gasteiger partial charge in [0.25, 0.3) is 0 Å². The highest BCUT2D eigenvalue weighted by Crippen LogP contribution is 2.25. The van der Waals surface area contributed by atoms with E-state index < -0.39 is 0 Å². The lowest BCUT2D eigenvalue weighted by atomic mass is 9.89. The van der Waals surface area contributed by atoms with E-state index in [0.717, 1.165) is 45.3 Å². The molecule has 1 aliphatic heterocycles. The molecule has 34 heavy (non-hydrogen) atoms. The Morgan fingerprint density at radius 1 is 1.15 bits per heavy atom. The molecule has 2 heterocycles. The van der Waals surface area contributed by atoms with Crippen molar-refractivity contribution in [2.24, 2.45) is 11.7 Å². The summed E-state index contributed by atoms with van der Waals surface area (Å²) in [5.41, 5.74) is 6.76. The highest BCUT2D eigenvalue weighted by atomic mass is 32.2. The molecule has 0 bridgehead atoms. The fourth-order valence-corrected chi connectivity index (χ4v) is 5.36. The van der Waals surface area contributed by atoms with Crippen LogP contribution >= 0.6 is 11.8 Å². The molecule has 3 rings (SSSR count). The summed E-state index contributed by atoms with van der Waals surface area (Å²) in [6.07, 6.45) is 15.3. The first kappa shape index (κ1) is 26.5. The fraction of sp³-hybridized carbons (Fsp3) is 0.654. The van der Waals surface area contributed by atoms with Gasteiger partial charge in [0.15, 0.2) is 0 Å². The maximum atomic E-state index is 12.1. The summed E-state index contributed by atoms with van der Waals surface area (Å²) in [5.74, 6) is 0.764. The molecule has 1 saturated heterocycles. The Morgan fingerprint density at radius 3 is 2.68 bits per heavy atom. The van der Waals surface area contributed by atoms with E-state index in [0.29, 0.717) is 31.3 Å². The summed E-state index contributed by atoms with van der Waals surface area (Å²) in [5, 5.41) is -0.351. The standard InChI is InChI=1S/C26H39N3O4S/c27-25(30)23(34-18-17-33-26(31)22-9-3-1-4-10-22)11-5-8-16-32-24-19-21(12-13-28-24)20-29-14-6-2-7-15-29/h5,8,12-13,19,22-23H,1-4,6-7,9-11,14-18,20H2,(H2,27,30). The molecular formula is C26H39N3O4S. The quantitative estimate of drug-likeness (QED) is 0.253. The van der Waals surface area contributed by atoms with Crippen molar-refractivity contribution < 1.29 is 19.1 Å². The lowest BCUT2D eigenvalue weighted by Gasteiger charge is -2.26. The Morgan fingerprint density at radius 2 is 1.91 bits per heavy atom. The number of hydrogen-bond acceptors (Lipinski definition) is 7. The SMILES string of the molecule is NC(=O)C(CC=CCOc1cc(CN2CCCCC2)ccn1)SCCOC(=O)C1CCCCC1. The highest BCUT2D eigenvalue weighted by molar-refractivity contribution is 8.00. The predicted octanol–water partition coefficient (Wildman–Crippen LogP) is 4.10. The first-order valence-corrected chi connectivity index (χ1v) is 13.7. The number of thioether (sulfide) groups is 1. The molecule has 0 aromatic carbocycles. The smallest absolute Gasteiger partial charge is 0.308 e. The molecule has 1 aromatic heterocycles. The number of pyridine rings is 1. The van der Waals surface area contributed by atoms with Crippen LogP contribution in [0.4, 0.5) is 0 Å². The molecule has 1 amide bonds. The number of hydrogen-bond donors (Lipinski definition) is 1. The van der Waals surface area contributed by atoms with Crippen molar-refractivity contribution in [2.45, 2.75) is 69.6 Å². The van der Waals surface area contributed by atoms with Crippen molar-refractivity contribution in [1.29, 1.82) is 0 Å². The Balaban J connectivity index is 1.32. The summed E-state index contributed by atoms with van der Waals surface area (Å²) in [6.45, 7) is 3.94.